The Kier molecular flexibility index (Phi) is 6.10. The first-order chi connectivity index (χ1) is 21.3. The van der Waals surface area contributed by atoms with Gasteiger partial charge in [0.2, 0.25) is 17.6 Å². The molecule has 2 bridgehead atoms. The van der Waals surface area contributed by atoms with Gasteiger partial charge in [0.15, 0.2) is 6.61 Å². The van der Waals surface area contributed by atoms with E-state index in [1.54, 1.807) is 54.6 Å². The van der Waals surface area contributed by atoms with Gasteiger partial charge < -0.3 is 9.84 Å². The molecule has 9 heteroatoms. The Bertz CT molecular complexity index is 1920. The van der Waals surface area contributed by atoms with E-state index in [1.165, 1.54) is 17.0 Å². The third-order valence-electron chi connectivity index (χ3n) is 9.61. The zero-order valence-electron chi connectivity index (χ0n) is 23.2. The lowest BCUT2D eigenvalue weighted by molar-refractivity contribution is -0.124. The Balaban J connectivity index is 1.08. The van der Waals surface area contributed by atoms with Crippen LogP contribution >= 0.6 is 15.9 Å². The molecule has 218 valence electrons. The number of halogens is 1. The average Bonchev–Trinajstić information content (AvgIpc) is 3.82. The van der Waals surface area contributed by atoms with Gasteiger partial charge in [-0.1, -0.05) is 52.3 Å². The second-order valence-electron chi connectivity index (χ2n) is 11.9. The van der Waals surface area contributed by atoms with E-state index in [-0.39, 0.29) is 52.4 Å². The minimum atomic E-state index is -0.714. The van der Waals surface area contributed by atoms with E-state index in [0.29, 0.717) is 39.7 Å². The largest absolute Gasteiger partial charge is 0.507 e. The number of benzene rings is 3. The van der Waals surface area contributed by atoms with Gasteiger partial charge in [-0.3, -0.25) is 19.3 Å². The fourth-order valence-electron chi connectivity index (χ4n) is 7.50. The van der Waals surface area contributed by atoms with Crippen molar-refractivity contribution in [3.63, 3.8) is 0 Å². The molecule has 3 fully saturated rings. The summed E-state index contributed by atoms with van der Waals surface area (Å²) in [5.74, 6) is -0.812. The first-order valence-electron chi connectivity index (χ1n) is 14.6. The van der Waals surface area contributed by atoms with Crippen LogP contribution in [-0.2, 0) is 14.3 Å². The van der Waals surface area contributed by atoms with Crippen LogP contribution in [0.5, 0.6) is 5.75 Å². The molecule has 5 aliphatic rings. The van der Waals surface area contributed by atoms with Crippen molar-refractivity contribution in [1.29, 1.82) is 0 Å². The van der Waals surface area contributed by atoms with Gasteiger partial charge in [0.25, 0.3) is 0 Å². The molecule has 6 unspecified atom stereocenters. The summed E-state index contributed by atoms with van der Waals surface area (Å²) in [7, 11) is 0. The number of carbonyl (C=O) groups is 4. The molecule has 1 aromatic heterocycles. The van der Waals surface area contributed by atoms with Gasteiger partial charge >= 0.3 is 5.97 Å². The number of anilines is 1. The molecule has 2 saturated carbocycles. The normalized spacial score (nSPS) is 26.1. The third kappa shape index (κ3) is 4.13. The van der Waals surface area contributed by atoms with Crippen molar-refractivity contribution in [3.05, 3.63) is 101 Å². The number of hydrogen-bond donors (Lipinski definition) is 1. The maximum atomic E-state index is 13.5. The lowest BCUT2D eigenvalue weighted by Crippen LogP contribution is -2.40. The zero-order valence-corrected chi connectivity index (χ0v) is 24.8. The fraction of sp³-hybridized carbons (Fsp3) is 0.229. The van der Waals surface area contributed by atoms with Crippen LogP contribution < -0.4 is 4.90 Å². The number of pyridine rings is 1. The first-order valence-corrected chi connectivity index (χ1v) is 15.3. The zero-order chi connectivity index (χ0) is 30.3. The Morgan fingerprint density at radius 1 is 0.886 bits per heavy atom. The number of phenols is 1. The summed E-state index contributed by atoms with van der Waals surface area (Å²) in [6, 6.07) is 20.1. The molecule has 9 rings (SSSR count). The van der Waals surface area contributed by atoms with Crippen molar-refractivity contribution in [2.45, 2.75) is 6.42 Å². The predicted molar refractivity (Wildman–Crippen MR) is 165 cm³/mol. The average molecular weight is 649 g/mol. The summed E-state index contributed by atoms with van der Waals surface area (Å²) in [5.41, 5.74) is 2.52. The number of phenolic OH excluding ortho intramolecular Hbond substituents is 1. The Hall–Kier alpha value is -4.63. The van der Waals surface area contributed by atoms with Gasteiger partial charge in [-0.05, 0) is 78.6 Å². The minimum Gasteiger partial charge on any atom is -0.507 e. The molecule has 44 heavy (non-hydrogen) atoms. The highest BCUT2D eigenvalue weighted by molar-refractivity contribution is 9.10. The number of aromatic nitrogens is 1. The molecule has 2 amide bonds. The number of allylic oxidation sites excluding steroid dienone is 2. The lowest BCUT2D eigenvalue weighted by atomic mass is 9.63. The third-order valence-corrected chi connectivity index (χ3v) is 10.1. The van der Waals surface area contributed by atoms with E-state index in [4.69, 9.17) is 9.72 Å². The Morgan fingerprint density at radius 3 is 2.25 bits per heavy atom. The fourth-order valence-corrected chi connectivity index (χ4v) is 7.86. The van der Waals surface area contributed by atoms with Crippen LogP contribution in [0.25, 0.3) is 22.2 Å². The number of amides is 2. The van der Waals surface area contributed by atoms with Crippen molar-refractivity contribution in [2.24, 2.45) is 35.5 Å². The molecular weight excluding hydrogens is 624 g/mol. The second-order valence-corrected chi connectivity index (χ2v) is 12.9. The summed E-state index contributed by atoms with van der Waals surface area (Å²) in [6.45, 7) is -0.545. The van der Waals surface area contributed by atoms with E-state index in [1.807, 2.05) is 6.07 Å². The smallest absolute Gasteiger partial charge is 0.339 e. The topological polar surface area (TPSA) is 114 Å². The van der Waals surface area contributed by atoms with Crippen molar-refractivity contribution in [1.82, 2.24) is 4.98 Å². The second kappa shape index (κ2) is 9.95. The van der Waals surface area contributed by atoms with Crippen molar-refractivity contribution < 1.29 is 29.0 Å². The van der Waals surface area contributed by atoms with Gasteiger partial charge in [0.1, 0.15) is 5.75 Å². The number of fused-ring (bicyclic) bond motifs is 1. The predicted octanol–water partition coefficient (Wildman–Crippen LogP) is 5.97. The first kappa shape index (κ1) is 27.0. The van der Waals surface area contributed by atoms with Gasteiger partial charge in [-0.2, -0.15) is 0 Å². The number of esters is 1. The van der Waals surface area contributed by atoms with Crippen LogP contribution in [0.4, 0.5) is 5.69 Å². The molecule has 1 saturated heterocycles. The monoisotopic (exact) mass is 648 g/mol. The number of imide groups is 1. The summed E-state index contributed by atoms with van der Waals surface area (Å²) in [5, 5.41) is 10.5. The number of para-hydroxylation sites is 1. The number of hydrogen-bond acceptors (Lipinski definition) is 7. The van der Waals surface area contributed by atoms with Gasteiger partial charge in [-0.25, -0.2) is 9.78 Å². The number of aromatic hydroxyl groups is 1. The molecule has 0 radical (unpaired) electrons. The summed E-state index contributed by atoms with van der Waals surface area (Å²) in [6.07, 6.45) is 5.43. The molecule has 1 aliphatic heterocycles. The standard InChI is InChI=1S/C35H25BrN2O6/c36-18-7-12-27-25(13-18)26(35(43)44-16-30(40)22-3-1-2-4-29(22)39)15-28(37-27)17-5-8-19(9-6-17)38-33(41)31-20-10-11-21(24-14-23(20)24)32(31)34(38)42/h1-13,15,20-21,23-24,31-32,39H,14,16H2. The summed E-state index contributed by atoms with van der Waals surface area (Å²) in [4.78, 5) is 59.1. The summed E-state index contributed by atoms with van der Waals surface area (Å²) >= 11 is 3.44. The molecule has 3 aromatic carbocycles. The quantitative estimate of drug-likeness (QED) is 0.119. The Labute approximate surface area is 260 Å². The maximum Gasteiger partial charge on any atom is 0.339 e. The molecule has 1 N–H and O–H groups in total. The van der Waals surface area contributed by atoms with E-state index in [0.717, 1.165) is 10.9 Å². The van der Waals surface area contributed by atoms with E-state index in [2.05, 4.69) is 28.1 Å². The van der Waals surface area contributed by atoms with Crippen LogP contribution in [0.2, 0.25) is 0 Å². The van der Waals surface area contributed by atoms with Crippen molar-refractivity contribution in [3.8, 4) is 17.0 Å². The number of ketones is 1. The van der Waals surface area contributed by atoms with Crippen molar-refractivity contribution in [2.75, 3.05) is 11.5 Å². The molecule has 4 aromatic rings. The van der Waals surface area contributed by atoms with E-state index < -0.39 is 18.4 Å². The molecule has 2 heterocycles. The van der Waals surface area contributed by atoms with Gasteiger partial charge in [0, 0.05) is 15.4 Å². The molecular formula is C35H25BrN2O6. The number of ether oxygens (including phenoxy) is 1. The van der Waals surface area contributed by atoms with E-state index >= 15 is 0 Å². The van der Waals surface area contributed by atoms with E-state index in [9.17, 15) is 24.3 Å². The molecule has 6 atom stereocenters. The van der Waals surface area contributed by atoms with Crippen LogP contribution in [0.3, 0.4) is 0 Å². The highest BCUT2D eigenvalue weighted by Gasteiger charge is 2.67. The lowest BCUT2D eigenvalue weighted by Gasteiger charge is -2.37. The van der Waals surface area contributed by atoms with Gasteiger partial charge in [0.05, 0.1) is 39.9 Å². The number of Topliss-reactive ketones (excluding diaryl/α,β-unsaturated/α-hetero) is 1. The Morgan fingerprint density at radius 2 is 1.57 bits per heavy atom. The van der Waals surface area contributed by atoms with Crippen LogP contribution in [0.1, 0.15) is 27.1 Å². The SMILES string of the molecule is O=C(COC(=O)c1cc(-c2ccc(N3C(=O)C4C5C=CC(C6CC56)C4C3=O)cc2)nc2ccc(Br)cc12)c1ccccc1O. The molecule has 0 spiro atoms. The summed E-state index contributed by atoms with van der Waals surface area (Å²) < 4.78 is 6.14. The van der Waals surface area contributed by atoms with Crippen LogP contribution in [0.15, 0.2) is 89.4 Å². The maximum absolute atomic E-state index is 13.5. The highest BCUT2D eigenvalue weighted by Crippen LogP contribution is 2.65. The number of rotatable bonds is 6. The number of carbonyl (C=O) groups excluding carboxylic acids is 4. The highest BCUT2D eigenvalue weighted by atomic mass is 79.9. The molecule has 8 nitrogen and oxygen atoms in total. The number of nitrogens with zero attached hydrogens (tertiary/aromatic N) is 2. The minimum absolute atomic E-state index is 0.0679. The van der Waals surface area contributed by atoms with Crippen molar-refractivity contribution >= 4 is 56.1 Å². The van der Waals surface area contributed by atoms with Crippen LogP contribution in [-0.4, -0.2) is 40.3 Å². The van der Waals surface area contributed by atoms with Gasteiger partial charge in [-0.15, -0.1) is 0 Å². The van der Waals surface area contributed by atoms with Crippen LogP contribution in [0, 0.1) is 35.5 Å². The molecule has 4 aliphatic carbocycles.